The second-order valence-corrected chi connectivity index (χ2v) is 4.02. The number of nitrogens with two attached hydrogens (primary N) is 1. The Kier molecular flexibility index (Phi) is 5.38. The Bertz CT molecular complexity index is 405. The highest BCUT2D eigenvalue weighted by Crippen LogP contribution is 2.21. The lowest BCUT2D eigenvalue weighted by atomic mass is 10.2. The Morgan fingerprint density at radius 2 is 2.00 bits per heavy atom. The van der Waals surface area contributed by atoms with Gasteiger partial charge in [-0.25, -0.2) is 0 Å². The fourth-order valence-electron chi connectivity index (χ4n) is 1.74. The molecule has 0 radical (unpaired) electrons. The first-order chi connectivity index (χ1) is 8.56. The van der Waals surface area contributed by atoms with E-state index in [2.05, 4.69) is 24.1 Å². The number of nitrogens with one attached hydrogen (secondary N) is 1. The molecule has 3 N–H and O–H groups in total. The molecule has 0 unspecified atom stereocenters. The number of benzene rings is 1. The quantitative estimate of drug-likeness (QED) is 0.440. The van der Waals surface area contributed by atoms with Crippen molar-refractivity contribution in [2.45, 2.75) is 13.8 Å². The van der Waals surface area contributed by atoms with E-state index in [0.29, 0.717) is 11.4 Å². The number of hydrogen-bond acceptors (Lipinski definition) is 5. The predicted molar refractivity (Wildman–Crippen MR) is 73.8 cm³/mol. The van der Waals surface area contributed by atoms with Crippen molar-refractivity contribution in [3.63, 3.8) is 0 Å². The minimum Gasteiger partial charge on any atom is -0.398 e. The van der Waals surface area contributed by atoms with Crippen LogP contribution in [0, 0.1) is 10.1 Å². The molecule has 0 atom stereocenters. The Hall–Kier alpha value is -1.82. The smallest absolute Gasteiger partial charge is 0.273 e. The molecule has 0 aromatic heterocycles. The van der Waals surface area contributed by atoms with Gasteiger partial charge in [-0.1, -0.05) is 13.8 Å². The van der Waals surface area contributed by atoms with Gasteiger partial charge in [0.2, 0.25) is 0 Å². The van der Waals surface area contributed by atoms with E-state index in [0.717, 1.165) is 26.2 Å². The molecule has 0 spiro atoms. The van der Waals surface area contributed by atoms with E-state index in [1.54, 1.807) is 6.07 Å². The van der Waals surface area contributed by atoms with Crippen LogP contribution in [0.2, 0.25) is 0 Å². The summed E-state index contributed by atoms with van der Waals surface area (Å²) in [5, 5.41) is 13.8. The number of non-ortho nitro benzene ring substituents is 1. The Balaban J connectivity index is 2.59. The second-order valence-electron chi connectivity index (χ2n) is 4.02. The van der Waals surface area contributed by atoms with Gasteiger partial charge in [0.05, 0.1) is 4.92 Å². The molecule has 0 amide bonds. The molecule has 100 valence electrons. The minimum absolute atomic E-state index is 0.0142. The van der Waals surface area contributed by atoms with Gasteiger partial charge in [-0.05, 0) is 19.2 Å². The van der Waals surface area contributed by atoms with Crippen molar-refractivity contribution < 1.29 is 4.92 Å². The highest BCUT2D eigenvalue weighted by molar-refractivity contribution is 5.61. The molecule has 0 aliphatic carbocycles. The molecule has 0 saturated heterocycles. The third-order valence-corrected chi connectivity index (χ3v) is 2.80. The van der Waals surface area contributed by atoms with E-state index < -0.39 is 4.92 Å². The maximum atomic E-state index is 10.7. The van der Waals surface area contributed by atoms with Crippen molar-refractivity contribution in [2.24, 2.45) is 0 Å². The summed E-state index contributed by atoms with van der Waals surface area (Å²) in [4.78, 5) is 12.5. The van der Waals surface area contributed by atoms with E-state index in [-0.39, 0.29) is 5.69 Å². The molecular weight excluding hydrogens is 232 g/mol. The molecule has 0 fully saturated rings. The fraction of sp³-hybridized carbons (Fsp3) is 0.500. The number of nitrogens with zero attached hydrogens (tertiary/aromatic N) is 2. The standard InChI is InChI=1S/C12H20N4O2/c1-3-15(4-2)6-5-14-11-7-10(13)8-12(9-11)16(17)18/h7-9,14H,3-6,13H2,1-2H3. The summed E-state index contributed by atoms with van der Waals surface area (Å²) in [5.41, 5.74) is 6.73. The number of nitro benzene ring substituents is 1. The van der Waals surface area contributed by atoms with E-state index >= 15 is 0 Å². The fourth-order valence-corrected chi connectivity index (χ4v) is 1.74. The van der Waals surface area contributed by atoms with Crippen LogP contribution in [-0.2, 0) is 0 Å². The van der Waals surface area contributed by atoms with Gasteiger partial charge >= 0.3 is 0 Å². The van der Waals surface area contributed by atoms with Gasteiger partial charge in [-0.3, -0.25) is 10.1 Å². The summed E-state index contributed by atoms with van der Waals surface area (Å²) in [5.74, 6) is 0. The summed E-state index contributed by atoms with van der Waals surface area (Å²) in [6.45, 7) is 7.84. The number of rotatable bonds is 7. The molecule has 1 aromatic carbocycles. The molecular formula is C12H20N4O2. The maximum absolute atomic E-state index is 10.7. The van der Waals surface area contributed by atoms with Crippen molar-refractivity contribution in [1.82, 2.24) is 4.90 Å². The number of nitrogen functional groups attached to an aromatic ring is 1. The molecule has 1 rings (SSSR count). The third-order valence-electron chi connectivity index (χ3n) is 2.80. The molecule has 18 heavy (non-hydrogen) atoms. The monoisotopic (exact) mass is 252 g/mol. The number of anilines is 2. The van der Waals surface area contributed by atoms with Gasteiger partial charge in [0.1, 0.15) is 0 Å². The number of hydrogen-bond donors (Lipinski definition) is 2. The summed E-state index contributed by atoms with van der Waals surface area (Å²) >= 11 is 0. The first kappa shape index (κ1) is 14.2. The predicted octanol–water partition coefficient (Wildman–Crippen LogP) is 1.93. The van der Waals surface area contributed by atoms with Crippen LogP contribution in [0.15, 0.2) is 18.2 Å². The second kappa shape index (κ2) is 6.80. The van der Waals surface area contributed by atoms with E-state index in [4.69, 9.17) is 5.73 Å². The van der Waals surface area contributed by atoms with Crippen molar-refractivity contribution in [3.05, 3.63) is 28.3 Å². The van der Waals surface area contributed by atoms with Crippen LogP contribution in [0.3, 0.4) is 0 Å². The van der Waals surface area contributed by atoms with Gasteiger partial charge in [0, 0.05) is 36.6 Å². The normalized spacial score (nSPS) is 10.6. The molecule has 0 bridgehead atoms. The number of nitro groups is 1. The van der Waals surface area contributed by atoms with Crippen LogP contribution in [0.5, 0.6) is 0 Å². The largest absolute Gasteiger partial charge is 0.398 e. The highest BCUT2D eigenvalue weighted by atomic mass is 16.6. The number of likely N-dealkylation sites (N-methyl/N-ethyl adjacent to an activating group) is 1. The zero-order valence-electron chi connectivity index (χ0n) is 10.8. The first-order valence-electron chi connectivity index (χ1n) is 6.08. The highest BCUT2D eigenvalue weighted by Gasteiger charge is 2.08. The summed E-state index contributed by atoms with van der Waals surface area (Å²) in [6, 6.07) is 4.56. The Labute approximate surface area is 107 Å². The van der Waals surface area contributed by atoms with Crippen LogP contribution in [0.1, 0.15) is 13.8 Å². The van der Waals surface area contributed by atoms with Crippen molar-refractivity contribution >= 4 is 17.1 Å². The zero-order valence-corrected chi connectivity index (χ0v) is 10.8. The van der Waals surface area contributed by atoms with Gasteiger partial charge in [-0.2, -0.15) is 0 Å². The van der Waals surface area contributed by atoms with E-state index in [1.807, 2.05) is 0 Å². The molecule has 1 aromatic rings. The molecule has 0 heterocycles. The third kappa shape index (κ3) is 4.21. The summed E-state index contributed by atoms with van der Waals surface area (Å²) in [6.07, 6.45) is 0. The average molecular weight is 252 g/mol. The van der Waals surface area contributed by atoms with Crippen LogP contribution in [-0.4, -0.2) is 36.0 Å². The van der Waals surface area contributed by atoms with E-state index in [1.165, 1.54) is 12.1 Å². The SMILES string of the molecule is CCN(CC)CCNc1cc(N)cc([N+](=O)[O-])c1. The topological polar surface area (TPSA) is 84.4 Å². The lowest BCUT2D eigenvalue weighted by molar-refractivity contribution is -0.384. The van der Waals surface area contributed by atoms with Crippen LogP contribution in [0.4, 0.5) is 17.1 Å². The van der Waals surface area contributed by atoms with Crippen LogP contribution >= 0.6 is 0 Å². The Morgan fingerprint density at radius 1 is 1.33 bits per heavy atom. The molecule has 6 heteroatoms. The maximum Gasteiger partial charge on any atom is 0.273 e. The lowest BCUT2D eigenvalue weighted by Gasteiger charge is -2.18. The molecule has 0 aliphatic rings. The minimum atomic E-state index is -0.439. The summed E-state index contributed by atoms with van der Waals surface area (Å²) in [7, 11) is 0. The lowest BCUT2D eigenvalue weighted by Crippen LogP contribution is -2.28. The average Bonchev–Trinajstić information content (AvgIpc) is 2.34. The molecule has 0 saturated carbocycles. The zero-order chi connectivity index (χ0) is 13.5. The van der Waals surface area contributed by atoms with Gasteiger partial charge in [0.15, 0.2) is 0 Å². The Morgan fingerprint density at radius 3 is 2.56 bits per heavy atom. The first-order valence-corrected chi connectivity index (χ1v) is 6.08. The van der Waals surface area contributed by atoms with Crippen molar-refractivity contribution in [2.75, 3.05) is 37.2 Å². The van der Waals surface area contributed by atoms with Crippen molar-refractivity contribution in [3.8, 4) is 0 Å². The van der Waals surface area contributed by atoms with Gasteiger partial charge < -0.3 is 16.0 Å². The van der Waals surface area contributed by atoms with Crippen molar-refractivity contribution in [1.29, 1.82) is 0 Å². The van der Waals surface area contributed by atoms with Gasteiger partial charge in [0.25, 0.3) is 5.69 Å². The molecule has 6 nitrogen and oxygen atoms in total. The molecule has 0 aliphatic heterocycles. The van der Waals surface area contributed by atoms with E-state index in [9.17, 15) is 10.1 Å². The summed E-state index contributed by atoms with van der Waals surface area (Å²) < 4.78 is 0. The van der Waals surface area contributed by atoms with Gasteiger partial charge in [-0.15, -0.1) is 0 Å². The van der Waals surface area contributed by atoms with Crippen LogP contribution < -0.4 is 11.1 Å². The van der Waals surface area contributed by atoms with Crippen LogP contribution in [0.25, 0.3) is 0 Å².